The molecule has 1 amide bonds. The molecule has 0 aromatic heterocycles. The fourth-order valence-corrected chi connectivity index (χ4v) is 1.11. The van der Waals surface area contributed by atoms with E-state index in [0.29, 0.717) is 19.6 Å². The van der Waals surface area contributed by atoms with Crippen molar-refractivity contribution < 1.29 is 14.6 Å². The van der Waals surface area contributed by atoms with Crippen molar-refractivity contribution in [3.63, 3.8) is 0 Å². The molecule has 0 saturated carbocycles. The molecule has 0 aromatic carbocycles. The minimum Gasteiger partial charge on any atom is -0.465 e. The van der Waals surface area contributed by atoms with E-state index in [-0.39, 0.29) is 6.23 Å². The molecular formula is C6H12N2O3. The van der Waals surface area contributed by atoms with Crippen molar-refractivity contribution in [1.82, 2.24) is 10.2 Å². The van der Waals surface area contributed by atoms with Crippen LogP contribution in [0.25, 0.3) is 0 Å². The zero-order valence-electron chi connectivity index (χ0n) is 6.41. The molecule has 5 heteroatoms. The molecule has 11 heavy (non-hydrogen) atoms. The first-order valence-electron chi connectivity index (χ1n) is 3.49. The summed E-state index contributed by atoms with van der Waals surface area (Å²) < 4.78 is 4.95. The van der Waals surface area contributed by atoms with Crippen molar-refractivity contribution in [2.45, 2.75) is 6.23 Å². The number of carbonyl (C=O) groups is 1. The number of piperazine rings is 1. The highest BCUT2D eigenvalue weighted by Gasteiger charge is 2.25. The molecule has 0 bridgehead atoms. The summed E-state index contributed by atoms with van der Waals surface area (Å²) in [7, 11) is 1.51. The Morgan fingerprint density at radius 2 is 2.55 bits per heavy atom. The third kappa shape index (κ3) is 1.81. The number of carboxylic acid groups (broad SMARTS) is 1. The van der Waals surface area contributed by atoms with Crippen LogP contribution in [0.4, 0.5) is 4.79 Å². The number of ether oxygens (including phenoxy) is 1. The van der Waals surface area contributed by atoms with E-state index in [1.807, 2.05) is 0 Å². The van der Waals surface area contributed by atoms with Crippen LogP contribution in [-0.2, 0) is 4.74 Å². The fourth-order valence-electron chi connectivity index (χ4n) is 1.11. The van der Waals surface area contributed by atoms with Crippen molar-refractivity contribution in [2.75, 3.05) is 26.7 Å². The predicted octanol–water partition coefficient (Wildman–Crippen LogP) is -0.458. The third-order valence-corrected chi connectivity index (χ3v) is 1.71. The fraction of sp³-hybridized carbons (Fsp3) is 0.833. The summed E-state index contributed by atoms with van der Waals surface area (Å²) in [5.74, 6) is 0. The Hall–Kier alpha value is -0.810. The van der Waals surface area contributed by atoms with Crippen molar-refractivity contribution >= 4 is 6.09 Å². The van der Waals surface area contributed by atoms with Gasteiger partial charge < -0.3 is 15.2 Å². The van der Waals surface area contributed by atoms with Crippen molar-refractivity contribution in [3.05, 3.63) is 0 Å². The number of hydrogen-bond acceptors (Lipinski definition) is 3. The largest absolute Gasteiger partial charge is 0.465 e. The lowest BCUT2D eigenvalue weighted by Crippen LogP contribution is -2.53. The number of hydrogen-bond donors (Lipinski definition) is 2. The second-order valence-electron chi connectivity index (χ2n) is 2.37. The SMILES string of the molecule is COC1CNCCN1C(=O)O. The molecule has 1 atom stereocenters. The summed E-state index contributed by atoms with van der Waals surface area (Å²) in [6, 6.07) is 0. The summed E-state index contributed by atoms with van der Waals surface area (Å²) in [6.45, 7) is 1.77. The Morgan fingerprint density at radius 3 is 3.00 bits per heavy atom. The van der Waals surface area contributed by atoms with Crippen LogP contribution in [-0.4, -0.2) is 49.1 Å². The lowest BCUT2D eigenvalue weighted by Gasteiger charge is -2.32. The van der Waals surface area contributed by atoms with Gasteiger partial charge in [-0.05, 0) is 0 Å². The van der Waals surface area contributed by atoms with Gasteiger partial charge in [-0.3, -0.25) is 4.90 Å². The van der Waals surface area contributed by atoms with Crippen LogP contribution in [0.2, 0.25) is 0 Å². The topological polar surface area (TPSA) is 61.8 Å². The normalized spacial score (nSPS) is 25.2. The number of amides is 1. The maximum Gasteiger partial charge on any atom is 0.409 e. The van der Waals surface area contributed by atoms with Gasteiger partial charge in [0.15, 0.2) is 0 Å². The molecule has 0 aromatic rings. The summed E-state index contributed by atoms with van der Waals surface area (Å²) in [4.78, 5) is 11.8. The van der Waals surface area contributed by atoms with Gasteiger partial charge in [-0.2, -0.15) is 0 Å². The van der Waals surface area contributed by atoms with E-state index < -0.39 is 6.09 Å². The van der Waals surface area contributed by atoms with Crippen molar-refractivity contribution in [2.24, 2.45) is 0 Å². The van der Waals surface area contributed by atoms with E-state index >= 15 is 0 Å². The van der Waals surface area contributed by atoms with Gasteiger partial charge >= 0.3 is 6.09 Å². The van der Waals surface area contributed by atoms with E-state index in [9.17, 15) is 4.79 Å². The second-order valence-corrected chi connectivity index (χ2v) is 2.37. The minimum atomic E-state index is -0.918. The van der Waals surface area contributed by atoms with Crippen molar-refractivity contribution in [1.29, 1.82) is 0 Å². The molecule has 1 saturated heterocycles. The average molecular weight is 160 g/mol. The third-order valence-electron chi connectivity index (χ3n) is 1.71. The molecule has 1 unspecified atom stereocenters. The number of nitrogens with zero attached hydrogens (tertiary/aromatic N) is 1. The van der Waals surface area contributed by atoms with Crippen molar-refractivity contribution in [3.8, 4) is 0 Å². The zero-order valence-corrected chi connectivity index (χ0v) is 6.41. The summed E-state index contributed by atoms with van der Waals surface area (Å²) in [6.07, 6.45) is -1.25. The van der Waals surface area contributed by atoms with E-state index in [0.717, 1.165) is 0 Å². The Morgan fingerprint density at radius 1 is 1.82 bits per heavy atom. The summed E-state index contributed by atoms with van der Waals surface area (Å²) in [5, 5.41) is 11.7. The van der Waals surface area contributed by atoms with Gasteiger partial charge in [-0.1, -0.05) is 0 Å². The first-order valence-corrected chi connectivity index (χ1v) is 3.49. The molecule has 1 heterocycles. The molecule has 0 aliphatic carbocycles. The van der Waals surface area contributed by atoms with Gasteiger partial charge in [-0.15, -0.1) is 0 Å². The summed E-state index contributed by atoms with van der Waals surface area (Å²) >= 11 is 0. The molecule has 1 aliphatic rings. The molecule has 64 valence electrons. The maximum atomic E-state index is 10.5. The number of methoxy groups -OCH3 is 1. The first-order chi connectivity index (χ1) is 5.25. The lowest BCUT2D eigenvalue weighted by molar-refractivity contribution is -0.0326. The first kappa shape index (κ1) is 8.29. The molecule has 2 N–H and O–H groups in total. The van der Waals surface area contributed by atoms with E-state index in [1.165, 1.54) is 12.0 Å². The Balaban J connectivity index is 2.51. The number of nitrogens with one attached hydrogen (secondary N) is 1. The smallest absolute Gasteiger partial charge is 0.409 e. The van der Waals surface area contributed by atoms with E-state index in [1.54, 1.807) is 0 Å². The monoisotopic (exact) mass is 160 g/mol. The molecular weight excluding hydrogens is 148 g/mol. The molecule has 1 aliphatic heterocycles. The van der Waals surface area contributed by atoms with Gasteiger partial charge in [0.25, 0.3) is 0 Å². The predicted molar refractivity (Wildman–Crippen MR) is 38.4 cm³/mol. The molecule has 1 rings (SSSR count). The lowest BCUT2D eigenvalue weighted by atomic mass is 10.3. The van der Waals surface area contributed by atoms with Gasteiger partial charge in [-0.25, -0.2) is 4.79 Å². The van der Waals surface area contributed by atoms with Crippen LogP contribution in [0.1, 0.15) is 0 Å². The Bertz CT molecular complexity index is 151. The van der Waals surface area contributed by atoms with Gasteiger partial charge in [0, 0.05) is 26.7 Å². The van der Waals surface area contributed by atoms with Gasteiger partial charge in [0.2, 0.25) is 0 Å². The maximum absolute atomic E-state index is 10.5. The van der Waals surface area contributed by atoms with Crippen LogP contribution in [0.3, 0.4) is 0 Å². The van der Waals surface area contributed by atoms with Crippen LogP contribution in [0.15, 0.2) is 0 Å². The molecule has 1 fully saturated rings. The Labute approximate surface area is 64.9 Å². The highest BCUT2D eigenvalue weighted by Crippen LogP contribution is 2.03. The standard InChI is InChI=1S/C6H12N2O3/c1-11-5-4-7-2-3-8(5)6(9)10/h5,7H,2-4H2,1H3,(H,9,10). The van der Waals surface area contributed by atoms with Crippen LogP contribution >= 0.6 is 0 Å². The molecule has 5 nitrogen and oxygen atoms in total. The van der Waals surface area contributed by atoms with Gasteiger partial charge in [0.1, 0.15) is 6.23 Å². The van der Waals surface area contributed by atoms with Crippen LogP contribution < -0.4 is 5.32 Å². The zero-order chi connectivity index (χ0) is 8.27. The van der Waals surface area contributed by atoms with Crippen LogP contribution in [0.5, 0.6) is 0 Å². The minimum absolute atomic E-state index is 0.332. The Kier molecular flexibility index (Phi) is 2.67. The second kappa shape index (κ2) is 3.54. The molecule has 0 radical (unpaired) electrons. The molecule has 0 spiro atoms. The number of rotatable bonds is 1. The van der Waals surface area contributed by atoms with Gasteiger partial charge in [0.05, 0.1) is 0 Å². The highest BCUT2D eigenvalue weighted by atomic mass is 16.5. The van der Waals surface area contributed by atoms with E-state index in [4.69, 9.17) is 9.84 Å². The average Bonchev–Trinajstić information content (AvgIpc) is 2.04. The van der Waals surface area contributed by atoms with Crippen LogP contribution in [0, 0.1) is 0 Å². The summed E-state index contributed by atoms with van der Waals surface area (Å²) in [5.41, 5.74) is 0. The highest BCUT2D eigenvalue weighted by molar-refractivity contribution is 5.65. The quantitative estimate of drug-likeness (QED) is 0.545. The van der Waals surface area contributed by atoms with E-state index in [2.05, 4.69) is 5.32 Å².